The van der Waals surface area contributed by atoms with Gasteiger partial charge in [0.25, 0.3) is 0 Å². The topological polar surface area (TPSA) is 29.5 Å². The van der Waals surface area contributed by atoms with Crippen LogP contribution in [0.5, 0.6) is 0 Å². The number of carbonyl (C=O) groups excluding carboxylic acids is 1. The van der Waals surface area contributed by atoms with E-state index in [2.05, 4.69) is 4.74 Å². The molecule has 0 saturated heterocycles. The fourth-order valence-electron chi connectivity index (χ4n) is 0.340. The third-order valence-corrected chi connectivity index (χ3v) is 0.668. The van der Waals surface area contributed by atoms with Gasteiger partial charge < -0.3 is 4.74 Å². The van der Waals surface area contributed by atoms with E-state index in [-0.39, 0.29) is 0 Å². The Morgan fingerprint density at radius 1 is 1.86 bits per heavy atom. The fraction of sp³-hybridized carbons (Fsp3) is 0.250. The zero-order chi connectivity index (χ0) is 5.11. The SMILES string of the molecule is O=[C]N1C=COC1. The Hall–Kier alpha value is -0.990. The highest BCUT2D eigenvalue weighted by Gasteiger charge is 2.00. The summed E-state index contributed by atoms with van der Waals surface area (Å²) in [5, 5.41) is 0. The second-order valence-electron chi connectivity index (χ2n) is 1.14. The summed E-state index contributed by atoms with van der Waals surface area (Å²) in [5.41, 5.74) is 0. The van der Waals surface area contributed by atoms with Crippen molar-refractivity contribution in [3.05, 3.63) is 12.5 Å². The van der Waals surface area contributed by atoms with E-state index in [0.717, 1.165) is 0 Å². The molecule has 0 aromatic heterocycles. The van der Waals surface area contributed by atoms with Crippen LogP contribution in [0.15, 0.2) is 12.5 Å². The smallest absolute Gasteiger partial charge is 0.319 e. The van der Waals surface area contributed by atoms with E-state index in [1.807, 2.05) is 0 Å². The van der Waals surface area contributed by atoms with E-state index in [9.17, 15) is 4.79 Å². The highest BCUT2D eigenvalue weighted by atomic mass is 16.5. The second kappa shape index (κ2) is 1.64. The van der Waals surface area contributed by atoms with Gasteiger partial charge in [-0.05, 0) is 0 Å². The van der Waals surface area contributed by atoms with E-state index in [1.54, 1.807) is 6.41 Å². The minimum Gasteiger partial charge on any atom is -0.479 e. The van der Waals surface area contributed by atoms with E-state index < -0.39 is 0 Å². The first-order chi connectivity index (χ1) is 3.43. The van der Waals surface area contributed by atoms with Crippen LogP contribution in [0.2, 0.25) is 0 Å². The number of amides is 1. The maximum Gasteiger partial charge on any atom is 0.319 e. The van der Waals surface area contributed by atoms with Crippen molar-refractivity contribution in [3.63, 3.8) is 0 Å². The number of nitrogens with zero attached hydrogens (tertiary/aromatic N) is 1. The molecule has 1 aliphatic rings. The Labute approximate surface area is 41.2 Å². The molecule has 0 aromatic carbocycles. The van der Waals surface area contributed by atoms with Crippen LogP contribution in [0, 0.1) is 0 Å². The molecule has 0 aromatic rings. The molecule has 0 saturated carbocycles. The third kappa shape index (κ3) is 0.707. The maximum atomic E-state index is 9.68. The van der Waals surface area contributed by atoms with Crippen LogP contribution in [-0.2, 0) is 9.53 Å². The molecule has 3 heteroatoms. The molecule has 0 N–H and O–H groups in total. The molecule has 0 atom stereocenters. The van der Waals surface area contributed by atoms with Crippen molar-refractivity contribution < 1.29 is 9.53 Å². The molecule has 3 nitrogen and oxygen atoms in total. The summed E-state index contributed by atoms with van der Waals surface area (Å²) in [5.74, 6) is 0. The molecule has 1 heterocycles. The lowest BCUT2D eigenvalue weighted by Gasteiger charge is -1.97. The molecule has 1 amide bonds. The van der Waals surface area contributed by atoms with Crippen LogP contribution in [-0.4, -0.2) is 18.0 Å². The Morgan fingerprint density at radius 2 is 2.71 bits per heavy atom. The van der Waals surface area contributed by atoms with Crippen LogP contribution >= 0.6 is 0 Å². The summed E-state index contributed by atoms with van der Waals surface area (Å²) in [6, 6.07) is 0. The Morgan fingerprint density at radius 3 is 3.00 bits per heavy atom. The molecule has 0 bridgehead atoms. The van der Waals surface area contributed by atoms with Gasteiger partial charge in [0.2, 0.25) is 0 Å². The van der Waals surface area contributed by atoms with E-state index >= 15 is 0 Å². The fourth-order valence-corrected chi connectivity index (χ4v) is 0.340. The van der Waals surface area contributed by atoms with Crippen molar-refractivity contribution in [2.45, 2.75) is 0 Å². The van der Waals surface area contributed by atoms with Gasteiger partial charge in [-0.15, -0.1) is 0 Å². The van der Waals surface area contributed by atoms with Crippen LogP contribution in [0.4, 0.5) is 0 Å². The van der Waals surface area contributed by atoms with Crippen molar-refractivity contribution in [3.8, 4) is 0 Å². The lowest BCUT2D eigenvalue weighted by molar-refractivity contribution is 0.212. The Bertz CT molecular complexity index is 99.9. The zero-order valence-electron chi connectivity index (χ0n) is 3.63. The van der Waals surface area contributed by atoms with Crippen molar-refractivity contribution in [1.82, 2.24) is 4.90 Å². The minimum absolute atomic E-state index is 0.309. The number of hydrogen-bond acceptors (Lipinski definition) is 2. The predicted octanol–water partition coefficient (Wildman–Crippen LogP) is -0.185. The standard InChI is InChI=1S/C4H4NO2/c6-3-5-1-2-7-4-5/h1-2H,4H2. The molecule has 1 rings (SSSR count). The molecule has 0 aliphatic carbocycles. The molecule has 0 fully saturated rings. The van der Waals surface area contributed by atoms with Gasteiger partial charge in [-0.2, -0.15) is 0 Å². The number of rotatable bonds is 1. The molecule has 1 radical (unpaired) electrons. The number of ether oxygens (including phenoxy) is 1. The van der Waals surface area contributed by atoms with Crippen LogP contribution < -0.4 is 0 Å². The lowest BCUT2D eigenvalue weighted by Crippen LogP contribution is -2.10. The average Bonchev–Trinajstić information content (AvgIpc) is 2.14. The molecule has 1 aliphatic heterocycles. The van der Waals surface area contributed by atoms with Gasteiger partial charge >= 0.3 is 6.41 Å². The first kappa shape index (κ1) is 4.18. The van der Waals surface area contributed by atoms with Crippen molar-refractivity contribution >= 4 is 6.41 Å². The van der Waals surface area contributed by atoms with Crippen molar-refractivity contribution in [2.24, 2.45) is 0 Å². The van der Waals surface area contributed by atoms with Gasteiger partial charge in [-0.1, -0.05) is 0 Å². The summed E-state index contributed by atoms with van der Waals surface area (Å²) >= 11 is 0. The van der Waals surface area contributed by atoms with Crippen molar-refractivity contribution in [2.75, 3.05) is 6.73 Å². The van der Waals surface area contributed by atoms with Gasteiger partial charge in [0, 0.05) is 6.20 Å². The second-order valence-corrected chi connectivity index (χ2v) is 1.14. The first-order valence-electron chi connectivity index (χ1n) is 1.86. The molecular weight excluding hydrogens is 94.0 g/mol. The monoisotopic (exact) mass is 98.0 g/mol. The van der Waals surface area contributed by atoms with Crippen LogP contribution in [0.1, 0.15) is 0 Å². The number of hydrogen-bond donors (Lipinski definition) is 0. The first-order valence-corrected chi connectivity index (χ1v) is 1.86. The van der Waals surface area contributed by atoms with Gasteiger partial charge in [-0.3, -0.25) is 9.69 Å². The third-order valence-electron chi connectivity index (χ3n) is 0.668. The molecule has 0 unspecified atom stereocenters. The van der Waals surface area contributed by atoms with E-state index in [4.69, 9.17) is 0 Å². The van der Waals surface area contributed by atoms with Gasteiger partial charge in [0.15, 0.2) is 6.73 Å². The quantitative estimate of drug-likeness (QED) is 0.455. The predicted molar refractivity (Wildman–Crippen MR) is 22.6 cm³/mol. The summed E-state index contributed by atoms with van der Waals surface area (Å²) < 4.78 is 4.63. The highest BCUT2D eigenvalue weighted by Crippen LogP contribution is 1.94. The summed E-state index contributed by atoms with van der Waals surface area (Å²) in [7, 11) is 0. The Kier molecular flexibility index (Phi) is 0.978. The largest absolute Gasteiger partial charge is 0.479 e. The minimum atomic E-state index is 0.309. The average molecular weight is 98.1 g/mol. The highest BCUT2D eigenvalue weighted by molar-refractivity contribution is 5.49. The summed E-state index contributed by atoms with van der Waals surface area (Å²) in [6.07, 6.45) is 4.61. The molecule has 37 valence electrons. The summed E-state index contributed by atoms with van der Waals surface area (Å²) in [6.45, 7) is 0.309. The van der Waals surface area contributed by atoms with E-state index in [1.165, 1.54) is 17.4 Å². The lowest BCUT2D eigenvalue weighted by atomic mass is 10.8. The van der Waals surface area contributed by atoms with Gasteiger partial charge in [0.1, 0.15) is 6.26 Å². The van der Waals surface area contributed by atoms with Crippen LogP contribution in [0.3, 0.4) is 0 Å². The van der Waals surface area contributed by atoms with E-state index in [0.29, 0.717) is 6.73 Å². The molecule has 0 spiro atoms. The van der Waals surface area contributed by atoms with Crippen molar-refractivity contribution in [1.29, 1.82) is 0 Å². The van der Waals surface area contributed by atoms with Crippen LogP contribution in [0.25, 0.3) is 0 Å². The normalized spacial score (nSPS) is 16.9. The molecular formula is C4H4NO2. The maximum absolute atomic E-state index is 9.68. The summed E-state index contributed by atoms with van der Waals surface area (Å²) in [4.78, 5) is 11.0. The van der Waals surface area contributed by atoms with Gasteiger partial charge in [-0.25, -0.2) is 0 Å². The zero-order valence-corrected chi connectivity index (χ0v) is 3.63. The Balaban J connectivity index is 2.42. The molecule has 7 heavy (non-hydrogen) atoms. The van der Waals surface area contributed by atoms with Gasteiger partial charge in [0.05, 0.1) is 0 Å².